The van der Waals surface area contributed by atoms with Gasteiger partial charge in [0.05, 0.1) is 12.8 Å². The van der Waals surface area contributed by atoms with Gasteiger partial charge in [-0.2, -0.15) is 0 Å². The van der Waals surface area contributed by atoms with Gasteiger partial charge in [-0.25, -0.2) is 9.78 Å². The molecule has 32 heavy (non-hydrogen) atoms. The molecule has 2 aromatic rings. The van der Waals surface area contributed by atoms with Crippen LogP contribution in [0.25, 0.3) is 11.1 Å². The number of hydrogen-bond donors (Lipinski definition) is 2. The van der Waals surface area contributed by atoms with Crippen molar-refractivity contribution in [2.24, 2.45) is 5.41 Å². The van der Waals surface area contributed by atoms with Gasteiger partial charge in [-0.15, -0.1) is 11.6 Å². The van der Waals surface area contributed by atoms with Crippen molar-refractivity contribution in [1.82, 2.24) is 9.88 Å². The third-order valence-electron chi connectivity index (χ3n) is 5.45. The normalized spacial score (nSPS) is 14.5. The zero-order chi connectivity index (χ0) is 23.5. The molecular formula is C23H27Cl2N3O4. The number of nitrogens with zero attached hydrogens (tertiary/aromatic N) is 2. The lowest BCUT2D eigenvalue weighted by molar-refractivity contribution is -0.113. The van der Waals surface area contributed by atoms with Gasteiger partial charge in [0.1, 0.15) is 16.8 Å². The average molecular weight is 480 g/mol. The molecule has 0 unspecified atom stereocenters. The van der Waals surface area contributed by atoms with E-state index in [-0.39, 0.29) is 17.2 Å². The highest BCUT2D eigenvalue weighted by molar-refractivity contribution is 6.32. The molecule has 1 aromatic heterocycles. The van der Waals surface area contributed by atoms with Gasteiger partial charge < -0.3 is 20.1 Å². The third-order valence-corrected chi connectivity index (χ3v) is 6.00. The van der Waals surface area contributed by atoms with Crippen molar-refractivity contribution in [2.75, 3.05) is 24.3 Å². The Morgan fingerprint density at radius 3 is 2.44 bits per heavy atom. The molecule has 0 spiro atoms. The summed E-state index contributed by atoms with van der Waals surface area (Å²) in [6, 6.07) is 8.99. The van der Waals surface area contributed by atoms with E-state index in [2.05, 4.69) is 10.3 Å². The van der Waals surface area contributed by atoms with Crippen molar-refractivity contribution in [1.29, 1.82) is 0 Å². The van der Waals surface area contributed by atoms with Gasteiger partial charge in [-0.3, -0.25) is 4.79 Å². The van der Waals surface area contributed by atoms with E-state index in [1.165, 1.54) is 4.90 Å². The molecule has 0 aliphatic heterocycles. The Hall–Kier alpha value is -2.51. The van der Waals surface area contributed by atoms with Crippen molar-refractivity contribution in [2.45, 2.75) is 39.2 Å². The molecule has 1 aromatic carbocycles. The van der Waals surface area contributed by atoms with Crippen LogP contribution in [0.2, 0.25) is 5.15 Å². The first-order valence-electron chi connectivity index (χ1n) is 10.3. The Kier molecular flexibility index (Phi) is 7.20. The Balaban J connectivity index is 1.70. The Bertz CT molecular complexity index is 986. The van der Waals surface area contributed by atoms with Gasteiger partial charge in [0.25, 0.3) is 0 Å². The van der Waals surface area contributed by atoms with Crippen LogP contribution in [0.4, 0.5) is 10.5 Å². The second-order valence-corrected chi connectivity index (χ2v) is 9.72. The molecule has 2 N–H and O–H groups in total. The lowest BCUT2D eigenvalue weighted by Gasteiger charge is -2.36. The fraction of sp³-hybridized carbons (Fsp3) is 0.435. The van der Waals surface area contributed by atoms with Gasteiger partial charge in [-0.05, 0) is 57.4 Å². The number of alkyl halides is 1. The van der Waals surface area contributed by atoms with Crippen LogP contribution < -0.4 is 10.1 Å². The van der Waals surface area contributed by atoms with E-state index in [0.717, 1.165) is 18.4 Å². The summed E-state index contributed by atoms with van der Waals surface area (Å²) in [4.78, 5) is 28.8. The molecule has 3 rings (SSSR count). The maximum Gasteiger partial charge on any atom is 0.407 e. The van der Waals surface area contributed by atoms with Gasteiger partial charge in [0.2, 0.25) is 5.91 Å². The highest BCUT2D eigenvalue weighted by Gasteiger charge is 2.47. The van der Waals surface area contributed by atoms with Crippen molar-refractivity contribution < 1.29 is 19.4 Å². The van der Waals surface area contributed by atoms with Crippen LogP contribution in [-0.2, 0) is 4.79 Å². The minimum absolute atomic E-state index is 0.113. The summed E-state index contributed by atoms with van der Waals surface area (Å²) < 4.78 is 6.02. The quantitative estimate of drug-likeness (QED) is 0.384. The SMILES string of the molecule is CC(C)(C)N(CC1(COc2cnc(Cl)c(-c3ccc(NC(=O)CCl)cc3)c2)CC1)C(=O)O. The molecule has 0 radical (unpaired) electrons. The number of carbonyl (C=O) groups excluding carboxylic acids is 1. The van der Waals surface area contributed by atoms with E-state index >= 15 is 0 Å². The third kappa shape index (κ3) is 6.04. The number of amides is 2. The maximum atomic E-state index is 11.7. The van der Waals surface area contributed by atoms with Crippen molar-refractivity contribution >= 4 is 40.9 Å². The molecule has 9 heteroatoms. The van der Waals surface area contributed by atoms with Gasteiger partial charge in [-0.1, -0.05) is 23.7 Å². The Morgan fingerprint density at radius 1 is 1.25 bits per heavy atom. The smallest absolute Gasteiger partial charge is 0.407 e. The van der Waals surface area contributed by atoms with Crippen LogP contribution in [0.1, 0.15) is 33.6 Å². The molecule has 0 atom stereocenters. The zero-order valence-corrected chi connectivity index (χ0v) is 19.8. The number of carbonyl (C=O) groups is 2. The number of nitrogens with one attached hydrogen (secondary N) is 1. The second kappa shape index (κ2) is 9.55. The summed E-state index contributed by atoms with van der Waals surface area (Å²) in [5.74, 6) is 0.169. The number of hydrogen-bond acceptors (Lipinski definition) is 4. The molecule has 1 saturated carbocycles. The monoisotopic (exact) mass is 479 g/mol. The van der Waals surface area contributed by atoms with Crippen LogP contribution in [0.15, 0.2) is 36.5 Å². The Morgan fingerprint density at radius 2 is 1.91 bits per heavy atom. The number of ether oxygens (including phenoxy) is 1. The first-order valence-corrected chi connectivity index (χ1v) is 11.2. The lowest BCUT2D eigenvalue weighted by atomic mass is 10.0. The molecule has 1 aliphatic rings. The summed E-state index contributed by atoms with van der Waals surface area (Å²) in [7, 11) is 0. The minimum Gasteiger partial charge on any atom is -0.491 e. The molecule has 0 bridgehead atoms. The lowest BCUT2D eigenvalue weighted by Crippen LogP contribution is -2.48. The number of aromatic nitrogens is 1. The molecular weight excluding hydrogens is 453 g/mol. The van der Waals surface area contributed by atoms with Crippen LogP contribution in [0.5, 0.6) is 5.75 Å². The number of benzene rings is 1. The van der Waals surface area contributed by atoms with Crippen molar-refractivity contribution in [3.8, 4) is 16.9 Å². The average Bonchev–Trinajstić information content (AvgIpc) is 3.51. The van der Waals surface area contributed by atoms with Gasteiger partial charge in [0, 0.05) is 28.7 Å². The summed E-state index contributed by atoms with van der Waals surface area (Å²) in [6.07, 6.45) is 2.46. The maximum absolute atomic E-state index is 11.7. The van der Waals surface area contributed by atoms with E-state index in [1.807, 2.05) is 39.0 Å². The minimum atomic E-state index is -0.926. The fourth-order valence-electron chi connectivity index (χ4n) is 3.33. The van der Waals surface area contributed by atoms with E-state index in [4.69, 9.17) is 27.9 Å². The topological polar surface area (TPSA) is 91.8 Å². The van der Waals surface area contributed by atoms with Crippen LogP contribution >= 0.6 is 23.2 Å². The molecule has 0 saturated heterocycles. The molecule has 1 aliphatic carbocycles. The highest BCUT2D eigenvalue weighted by Crippen LogP contribution is 2.47. The highest BCUT2D eigenvalue weighted by atomic mass is 35.5. The second-order valence-electron chi connectivity index (χ2n) is 9.10. The first-order chi connectivity index (χ1) is 15.0. The van der Waals surface area contributed by atoms with Gasteiger partial charge >= 0.3 is 6.09 Å². The summed E-state index contributed by atoms with van der Waals surface area (Å²) in [5, 5.41) is 12.6. The van der Waals surface area contributed by atoms with Crippen LogP contribution in [0.3, 0.4) is 0 Å². The van der Waals surface area contributed by atoms with Crippen molar-refractivity contribution in [3.63, 3.8) is 0 Å². The molecule has 7 nitrogen and oxygen atoms in total. The first kappa shape index (κ1) is 24.1. The zero-order valence-electron chi connectivity index (χ0n) is 18.3. The number of carboxylic acid groups (broad SMARTS) is 1. The number of halogens is 2. The Labute approximate surface area is 197 Å². The number of rotatable bonds is 8. The molecule has 172 valence electrons. The number of anilines is 1. The number of pyridine rings is 1. The molecule has 1 fully saturated rings. The summed E-state index contributed by atoms with van der Waals surface area (Å²) in [6.45, 7) is 6.49. The predicted octanol–water partition coefficient (Wildman–Crippen LogP) is 5.52. The van der Waals surface area contributed by atoms with E-state index < -0.39 is 11.6 Å². The molecule has 2 amide bonds. The van der Waals surface area contributed by atoms with Gasteiger partial charge in [0.15, 0.2) is 0 Å². The van der Waals surface area contributed by atoms with E-state index in [9.17, 15) is 14.7 Å². The molecule has 1 heterocycles. The fourth-order valence-corrected chi connectivity index (χ4v) is 3.61. The van der Waals surface area contributed by atoms with Crippen LogP contribution in [0, 0.1) is 5.41 Å². The van der Waals surface area contributed by atoms with E-state index in [0.29, 0.717) is 35.3 Å². The van der Waals surface area contributed by atoms with Crippen LogP contribution in [-0.4, -0.2) is 51.6 Å². The predicted molar refractivity (Wildman–Crippen MR) is 126 cm³/mol. The summed E-state index contributed by atoms with van der Waals surface area (Å²) >= 11 is 11.8. The van der Waals surface area contributed by atoms with Crippen molar-refractivity contribution in [3.05, 3.63) is 41.7 Å². The standard InChI is InChI=1S/C23H27Cl2N3O4/c1-22(2,3)28(21(30)31)13-23(8-9-23)14-32-17-10-18(20(25)26-12-17)15-4-6-16(7-5-15)27-19(29)11-24/h4-7,10,12H,8-9,11,13-14H2,1-3H3,(H,27,29)(H,30,31). The van der Waals surface area contributed by atoms with E-state index in [1.54, 1.807) is 18.3 Å². The summed E-state index contributed by atoms with van der Waals surface area (Å²) in [5.41, 5.74) is 1.49. The largest absolute Gasteiger partial charge is 0.491 e.